The van der Waals surface area contributed by atoms with Crippen molar-refractivity contribution in [3.8, 4) is 5.75 Å². The van der Waals surface area contributed by atoms with Crippen molar-refractivity contribution < 1.29 is 5.11 Å². The van der Waals surface area contributed by atoms with E-state index in [0.717, 1.165) is 0 Å². The number of hydrogen-bond donors (Lipinski definition) is 1. The fourth-order valence-corrected chi connectivity index (χ4v) is 3.86. The van der Waals surface area contributed by atoms with Gasteiger partial charge in [-0.2, -0.15) is 0 Å². The molecule has 1 aliphatic rings. The monoisotopic (exact) mass is 302 g/mol. The number of aromatic hydroxyl groups is 1. The summed E-state index contributed by atoms with van der Waals surface area (Å²) in [6.07, 6.45) is 12.9. The van der Waals surface area contributed by atoms with Gasteiger partial charge in [0.05, 0.1) is 0 Å². The van der Waals surface area contributed by atoms with Crippen LogP contribution in [-0.2, 0) is 5.41 Å². The second-order valence-electron chi connectivity index (χ2n) is 7.80. The number of hydrogen-bond acceptors (Lipinski definition) is 1. The summed E-state index contributed by atoms with van der Waals surface area (Å²) in [4.78, 5) is 0. The lowest BCUT2D eigenvalue weighted by Crippen LogP contribution is -2.17. The maximum Gasteiger partial charge on any atom is 0.119 e. The van der Waals surface area contributed by atoms with Crippen LogP contribution in [-0.4, -0.2) is 5.11 Å². The van der Waals surface area contributed by atoms with Gasteiger partial charge in [-0.1, -0.05) is 77.8 Å². The first-order valence-electron chi connectivity index (χ1n) is 9.38. The molecule has 0 unspecified atom stereocenters. The molecular weight excluding hydrogens is 268 g/mol. The Morgan fingerprint density at radius 2 is 1.77 bits per heavy atom. The summed E-state index contributed by atoms with van der Waals surface area (Å²) < 4.78 is 0. The van der Waals surface area contributed by atoms with Gasteiger partial charge in [-0.3, -0.25) is 0 Å². The molecule has 0 amide bonds. The minimum absolute atomic E-state index is 0.163. The van der Waals surface area contributed by atoms with E-state index >= 15 is 0 Å². The summed E-state index contributed by atoms with van der Waals surface area (Å²) in [5.74, 6) is 1.11. The zero-order valence-electron chi connectivity index (χ0n) is 14.8. The van der Waals surface area contributed by atoms with E-state index in [1.165, 1.54) is 75.3 Å². The van der Waals surface area contributed by atoms with E-state index in [2.05, 4.69) is 32.9 Å². The summed E-state index contributed by atoms with van der Waals surface area (Å²) in [5, 5.41) is 10.5. The molecule has 0 aromatic heterocycles. The van der Waals surface area contributed by atoms with Crippen LogP contribution in [0.15, 0.2) is 18.2 Å². The number of phenols is 1. The van der Waals surface area contributed by atoms with E-state index in [0.29, 0.717) is 11.7 Å². The van der Waals surface area contributed by atoms with Crippen molar-refractivity contribution in [2.45, 2.75) is 96.3 Å². The van der Waals surface area contributed by atoms with Crippen LogP contribution >= 0.6 is 0 Å². The Balaban J connectivity index is 2.03. The average molecular weight is 303 g/mol. The molecule has 22 heavy (non-hydrogen) atoms. The Hall–Kier alpha value is -0.980. The predicted molar refractivity (Wildman–Crippen MR) is 95.7 cm³/mol. The summed E-state index contributed by atoms with van der Waals surface area (Å²) in [6, 6.07) is 6.52. The van der Waals surface area contributed by atoms with Gasteiger partial charge >= 0.3 is 0 Å². The molecule has 2 rings (SSSR count). The van der Waals surface area contributed by atoms with Gasteiger partial charge in [0, 0.05) is 0 Å². The van der Waals surface area contributed by atoms with Crippen molar-refractivity contribution in [3.63, 3.8) is 0 Å². The molecule has 1 N–H and O–H groups in total. The van der Waals surface area contributed by atoms with Crippen LogP contribution < -0.4 is 0 Å². The van der Waals surface area contributed by atoms with Crippen molar-refractivity contribution in [1.29, 1.82) is 0 Å². The zero-order chi connectivity index (χ0) is 16.0. The van der Waals surface area contributed by atoms with Crippen LogP contribution in [0.1, 0.15) is 102 Å². The molecule has 0 spiro atoms. The Bertz CT molecular complexity index is 455. The molecule has 0 bridgehead atoms. The van der Waals surface area contributed by atoms with E-state index in [1.54, 1.807) is 0 Å². The quantitative estimate of drug-likeness (QED) is 0.556. The Labute approximate surface area is 137 Å². The first-order chi connectivity index (χ1) is 10.5. The van der Waals surface area contributed by atoms with E-state index in [-0.39, 0.29) is 5.41 Å². The summed E-state index contributed by atoms with van der Waals surface area (Å²) in [6.45, 7) is 6.88. The van der Waals surface area contributed by atoms with Gasteiger partial charge in [0.1, 0.15) is 5.75 Å². The highest BCUT2D eigenvalue weighted by atomic mass is 16.3. The molecule has 1 aromatic carbocycles. The van der Waals surface area contributed by atoms with Gasteiger partial charge in [-0.15, -0.1) is 0 Å². The van der Waals surface area contributed by atoms with Gasteiger partial charge < -0.3 is 5.11 Å². The highest BCUT2D eigenvalue weighted by Gasteiger charge is 2.23. The summed E-state index contributed by atoms with van der Waals surface area (Å²) in [5.41, 5.74) is 2.64. The number of unbranched alkanes of at least 4 members (excludes halogenated alkanes) is 3. The van der Waals surface area contributed by atoms with Crippen molar-refractivity contribution in [2.75, 3.05) is 0 Å². The topological polar surface area (TPSA) is 20.2 Å². The number of phenolic OH excluding ortho intramolecular Hbond substituents is 1. The first kappa shape index (κ1) is 17.4. The molecule has 0 radical (unpaired) electrons. The molecule has 1 saturated carbocycles. The SMILES string of the molecule is CCCCCCC(C)(C)c1ccc(C2CCCCC2)c(O)c1. The second-order valence-corrected chi connectivity index (χ2v) is 7.80. The molecule has 124 valence electrons. The predicted octanol–water partition coefficient (Wildman–Crippen LogP) is 6.69. The van der Waals surface area contributed by atoms with Crippen molar-refractivity contribution in [1.82, 2.24) is 0 Å². The maximum atomic E-state index is 10.5. The van der Waals surface area contributed by atoms with Crippen molar-refractivity contribution >= 4 is 0 Å². The fraction of sp³-hybridized carbons (Fsp3) is 0.714. The van der Waals surface area contributed by atoms with Crippen LogP contribution in [0.2, 0.25) is 0 Å². The molecule has 1 fully saturated rings. The molecule has 1 aromatic rings. The van der Waals surface area contributed by atoms with E-state index in [1.807, 2.05) is 6.07 Å². The molecule has 0 aliphatic heterocycles. The van der Waals surface area contributed by atoms with Crippen molar-refractivity contribution in [3.05, 3.63) is 29.3 Å². The molecule has 0 saturated heterocycles. The third kappa shape index (κ3) is 4.51. The van der Waals surface area contributed by atoms with E-state index < -0.39 is 0 Å². The lowest BCUT2D eigenvalue weighted by molar-refractivity contribution is 0.408. The van der Waals surface area contributed by atoms with Gasteiger partial charge in [-0.25, -0.2) is 0 Å². The van der Waals surface area contributed by atoms with Crippen LogP contribution in [0.5, 0.6) is 5.75 Å². The maximum absolute atomic E-state index is 10.5. The third-order valence-electron chi connectivity index (χ3n) is 5.51. The first-order valence-corrected chi connectivity index (χ1v) is 9.38. The van der Waals surface area contributed by atoms with Crippen molar-refractivity contribution in [2.24, 2.45) is 0 Å². The van der Waals surface area contributed by atoms with Gasteiger partial charge in [0.15, 0.2) is 0 Å². The molecule has 0 heterocycles. The molecular formula is C21H34O. The van der Waals surface area contributed by atoms with Gasteiger partial charge in [-0.05, 0) is 47.8 Å². The largest absolute Gasteiger partial charge is 0.508 e. The summed E-state index contributed by atoms with van der Waals surface area (Å²) in [7, 11) is 0. The minimum atomic E-state index is 0.163. The zero-order valence-corrected chi connectivity index (χ0v) is 14.8. The Morgan fingerprint density at radius 1 is 1.05 bits per heavy atom. The number of rotatable bonds is 7. The van der Waals surface area contributed by atoms with Crippen LogP contribution in [0.25, 0.3) is 0 Å². The Morgan fingerprint density at radius 3 is 2.41 bits per heavy atom. The van der Waals surface area contributed by atoms with Gasteiger partial charge in [0.25, 0.3) is 0 Å². The Kier molecular flexibility index (Phi) is 6.35. The molecule has 1 nitrogen and oxygen atoms in total. The standard InChI is InChI=1S/C21H34O/c1-4-5-6-10-15-21(2,3)18-13-14-19(20(22)16-18)17-11-8-7-9-12-17/h13-14,16-17,22H,4-12,15H2,1-3H3. The molecule has 1 heteroatoms. The lowest BCUT2D eigenvalue weighted by atomic mass is 9.78. The average Bonchev–Trinajstić information content (AvgIpc) is 2.52. The minimum Gasteiger partial charge on any atom is -0.508 e. The second kappa shape index (κ2) is 8.04. The van der Waals surface area contributed by atoms with Gasteiger partial charge in [0.2, 0.25) is 0 Å². The normalized spacial score (nSPS) is 16.9. The fourth-order valence-electron chi connectivity index (χ4n) is 3.86. The third-order valence-corrected chi connectivity index (χ3v) is 5.51. The highest BCUT2D eigenvalue weighted by Crippen LogP contribution is 2.39. The highest BCUT2D eigenvalue weighted by molar-refractivity contribution is 5.41. The smallest absolute Gasteiger partial charge is 0.119 e. The molecule has 1 aliphatic carbocycles. The molecule has 0 atom stereocenters. The van der Waals surface area contributed by atoms with E-state index in [9.17, 15) is 5.11 Å². The van der Waals surface area contributed by atoms with Crippen LogP contribution in [0.4, 0.5) is 0 Å². The lowest BCUT2D eigenvalue weighted by Gasteiger charge is -2.28. The van der Waals surface area contributed by atoms with Crippen LogP contribution in [0, 0.1) is 0 Å². The van der Waals surface area contributed by atoms with E-state index in [4.69, 9.17) is 0 Å². The summed E-state index contributed by atoms with van der Waals surface area (Å²) >= 11 is 0. The van der Waals surface area contributed by atoms with Crippen LogP contribution in [0.3, 0.4) is 0 Å². The number of benzene rings is 1.